The lowest BCUT2D eigenvalue weighted by molar-refractivity contribution is -0.174. The monoisotopic (exact) mass is 454 g/mol. The summed E-state index contributed by atoms with van der Waals surface area (Å²) in [7, 11) is 0. The highest BCUT2D eigenvalue weighted by Gasteiger charge is 2.27. The summed E-state index contributed by atoms with van der Waals surface area (Å²) in [5.74, 6) is 0.0104. The second kappa shape index (κ2) is 11.3. The summed E-state index contributed by atoms with van der Waals surface area (Å²) in [4.78, 5) is 16.9. The lowest BCUT2D eigenvalue weighted by Gasteiger charge is -2.35. The zero-order valence-electron chi connectivity index (χ0n) is 17.6. The number of nitrogens with zero attached hydrogens (tertiary/aromatic N) is 2. The van der Waals surface area contributed by atoms with Crippen molar-refractivity contribution in [1.29, 1.82) is 0 Å². The van der Waals surface area contributed by atoms with Gasteiger partial charge in [-0.2, -0.15) is 13.2 Å². The molecule has 0 radical (unpaired) electrons. The van der Waals surface area contributed by atoms with Gasteiger partial charge < -0.3 is 14.4 Å². The van der Waals surface area contributed by atoms with Crippen molar-refractivity contribution in [1.82, 2.24) is 9.80 Å². The Morgan fingerprint density at radius 1 is 0.969 bits per heavy atom. The number of carbonyl (C=O) groups excluding carboxylic acids is 1. The van der Waals surface area contributed by atoms with Crippen molar-refractivity contribution in [2.75, 3.05) is 45.9 Å². The second-order valence-electron chi connectivity index (χ2n) is 7.57. The maximum atomic E-state index is 13.1. The fraction of sp³-hybridized carbons (Fsp3) is 0.435. The number of carbonyl (C=O) groups is 1. The molecule has 0 N–H and O–H groups in total. The van der Waals surface area contributed by atoms with E-state index >= 15 is 0 Å². The van der Waals surface area contributed by atoms with Gasteiger partial charge in [-0.3, -0.25) is 9.69 Å². The maximum absolute atomic E-state index is 13.1. The molecule has 0 atom stereocenters. The van der Waals surface area contributed by atoms with E-state index in [1.807, 2.05) is 0 Å². The smallest absolute Gasteiger partial charge is 0.411 e. The molecule has 2 aromatic rings. The molecule has 0 aliphatic carbocycles. The molecule has 5 nitrogen and oxygen atoms in total. The van der Waals surface area contributed by atoms with Crippen LogP contribution in [0.4, 0.5) is 17.6 Å². The third-order valence-corrected chi connectivity index (χ3v) is 5.11. The number of ether oxygens (including phenoxy) is 2. The summed E-state index contributed by atoms with van der Waals surface area (Å²) in [6.07, 6.45) is -3.80. The Labute approximate surface area is 184 Å². The Bertz CT molecular complexity index is 866. The minimum atomic E-state index is -4.30. The molecule has 0 spiro atoms. The fourth-order valence-corrected chi connectivity index (χ4v) is 3.43. The molecule has 0 unspecified atom stereocenters. The van der Waals surface area contributed by atoms with Crippen LogP contribution in [0.1, 0.15) is 22.3 Å². The lowest BCUT2D eigenvalue weighted by atomic mass is 10.1. The quantitative estimate of drug-likeness (QED) is 0.422. The van der Waals surface area contributed by atoms with Crippen molar-refractivity contribution in [3.63, 3.8) is 0 Å². The zero-order chi connectivity index (χ0) is 23.0. The van der Waals surface area contributed by atoms with Crippen LogP contribution in [0.3, 0.4) is 0 Å². The number of alkyl halides is 3. The number of piperazine rings is 1. The molecule has 2 aromatic carbocycles. The highest BCUT2D eigenvalue weighted by atomic mass is 19.4. The molecular formula is C23H26F4N2O3. The van der Waals surface area contributed by atoms with Gasteiger partial charge in [0.2, 0.25) is 0 Å². The standard InChI is InChI=1S/C23H26F4N2O3/c24-19-8-6-18(7-9-19)16-32-21-5-2-1-4-20(21)22(30)29-13-11-28(12-14-29)10-3-15-31-17-23(25,26)27/h1-2,4-9H,3,10-17H2. The summed E-state index contributed by atoms with van der Waals surface area (Å²) in [6.45, 7) is 2.00. The molecule has 0 aromatic heterocycles. The molecule has 3 rings (SSSR count). The fourth-order valence-electron chi connectivity index (χ4n) is 3.43. The van der Waals surface area contributed by atoms with Crippen LogP contribution < -0.4 is 4.74 Å². The third-order valence-electron chi connectivity index (χ3n) is 5.11. The van der Waals surface area contributed by atoms with Crippen molar-refractivity contribution in [2.45, 2.75) is 19.2 Å². The number of benzene rings is 2. The van der Waals surface area contributed by atoms with Gasteiger partial charge >= 0.3 is 6.18 Å². The molecule has 32 heavy (non-hydrogen) atoms. The van der Waals surface area contributed by atoms with Crippen LogP contribution in [0.2, 0.25) is 0 Å². The van der Waals surface area contributed by atoms with Gasteiger partial charge in [0.15, 0.2) is 0 Å². The molecule has 1 aliphatic rings. The molecule has 0 bridgehead atoms. The molecule has 1 saturated heterocycles. The molecule has 1 fully saturated rings. The number of rotatable bonds is 9. The summed E-state index contributed by atoms with van der Waals surface area (Å²) >= 11 is 0. The first-order valence-electron chi connectivity index (χ1n) is 10.4. The first kappa shape index (κ1) is 24.0. The summed E-state index contributed by atoms with van der Waals surface area (Å²) < 4.78 is 59.7. The van der Waals surface area contributed by atoms with E-state index < -0.39 is 12.8 Å². The second-order valence-corrected chi connectivity index (χ2v) is 7.57. The van der Waals surface area contributed by atoms with Crippen molar-refractivity contribution >= 4 is 5.91 Å². The Hall–Kier alpha value is -2.65. The van der Waals surface area contributed by atoms with Gasteiger partial charge in [-0.1, -0.05) is 24.3 Å². The first-order valence-corrected chi connectivity index (χ1v) is 10.4. The topological polar surface area (TPSA) is 42.0 Å². The number of halogens is 4. The molecule has 1 aliphatic heterocycles. The Balaban J connectivity index is 1.46. The van der Waals surface area contributed by atoms with Crippen LogP contribution in [-0.2, 0) is 11.3 Å². The predicted octanol–water partition coefficient (Wildman–Crippen LogP) is 4.13. The maximum Gasteiger partial charge on any atom is 0.411 e. The first-order chi connectivity index (χ1) is 15.3. The van der Waals surface area contributed by atoms with Crippen molar-refractivity contribution in [3.8, 4) is 5.75 Å². The number of para-hydroxylation sites is 1. The average Bonchev–Trinajstić information content (AvgIpc) is 2.78. The number of hydrogen-bond acceptors (Lipinski definition) is 4. The Morgan fingerprint density at radius 2 is 1.66 bits per heavy atom. The van der Waals surface area contributed by atoms with Gasteiger partial charge in [0, 0.05) is 39.3 Å². The van der Waals surface area contributed by atoms with E-state index in [2.05, 4.69) is 9.64 Å². The van der Waals surface area contributed by atoms with Gasteiger partial charge in [-0.05, 0) is 36.2 Å². The van der Waals surface area contributed by atoms with E-state index in [4.69, 9.17) is 4.74 Å². The van der Waals surface area contributed by atoms with E-state index in [9.17, 15) is 22.4 Å². The number of amides is 1. The van der Waals surface area contributed by atoms with E-state index in [1.54, 1.807) is 41.3 Å². The minimum Gasteiger partial charge on any atom is -0.488 e. The van der Waals surface area contributed by atoms with Gasteiger partial charge in [0.05, 0.1) is 5.56 Å². The van der Waals surface area contributed by atoms with Crippen molar-refractivity contribution in [3.05, 3.63) is 65.5 Å². The summed E-state index contributed by atoms with van der Waals surface area (Å²) in [5, 5.41) is 0. The van der Waals surface area contributed by atoms with Crippen molar-refractivity contribution < 1.29 is 31.8 Å². The third kappa shape index (κ3) is 7.49. The largest absolute Gasteiger partial charge is 0.488 e. The highest BCUT2D eigenvalue weighted by Crippen LogP contribution is 2.22. The van der Waals surface area contributed by atoms with Gasteiger partial charge in [-0.25, -0.2) is 4.39 Å². The summed E-state index contributed by atoms with van der Waals surface area (Å²) in [5.41, 5.74) is 1.25. The van der Waals surface area contributed by atoms with E-state index in [0.29, 0.717) is 50.5 Å². The normalized spacial score (nSPS) is 15.1. The van der Waals surface area contributed by atoms with Crippen LogP contribution in [0, 0.1) is 5.82 Å². The van der Waals surface area contributed by atoms with Crippen LogP contribution in [0.5, 0.6) is 5.75 Å². The van der Waals surface area contributed by atoms with Crippen LogP contribution in [-0.4, -0.2) is 67.8 Å². The number of hydrogen-bond donors (Lipinski definition) is 0. The molecule has 174 valence electrons. The Morgan fingerprint density at radius 3 is 2.34 bits per heavy atom. The molecule has 0 saturated carbocycles. The SMILES string of the molecule is O=C(c1ccccc1OCc1ccc(F)cc1)N1CCN(CCCOCC(F)(F)F)CC1. The molecular weight excluding hydrogens is 428 g/mol. The minimum absolute atomic E-state index is 0.0530. The molecule has 9 heteroatoms. The van der Waals surface area contributed by atoms with Gasteiger partial charge in [-0.15, -0.1) is 0 Å². The summed E-state index contributed by atoms with van der Waals surface area (Å²) in [6, 6.07) is 13.0. The van der Waals surface area contributed by atoms with Crippen LogP contribution >= 0.6 is 0 Å². The van der Waals surface area contributed by atoms with Gasteiger partial charge in [0.25, 0.3) is 5.91 Å². The lowest BCUT2D eigenvalue weighted by Crippen LogP contribution is -2.49. The average molecular weight is 454 g/mol. The molecule has 1 amide bonds. The van der Waals surface area contributed by atoms with Gasteiger partial charge in [0.1, 0.15) is 24.8 Å². The van der Waals surface area contributed by atoms with Crippen molar-refractivity contribution in [2.24, 2.45) is 0 Å². The Kier molecular flexibility index (Phi) is 8.46. The predicted molar refractivity (Wildman–Crippen MR) is 111 cm³/mol. The van der Waals surface area contributed by atoms with E-state index in [-0.39, 0.29) is 24.9 Å². The van der Waals surface area contributed by atoms with Crippen LogP contribution in [0.15, 0.2) is 48.5 Å². The highest BCUT2D eigenvalue weighted by molar-refractivity contribution is 5.97. The zero-order valence-corrected chi connectivity index (χ0v) is 17.6. The molecule has 1 heterocycles. The van der Waals surface area contributed by atoms with E-state index in [1.165, 1.54) is 12.1 Å². The van der Waals surface area contributed by atoms with E-state index in [0.717, 1.165) is 5.56 Å². The van der Waals surface area contributed by atoms with Crippen LogP contribution in [0.25, 0.3) is 0 Å².